The fraction of sp³-hybridized carbons (Fsp3) is 0.381. The Hall–Kier alpha value is -2.74. The summed E-state index contributed by atoms with van der Waals surface area (Å²) in [6.07, 6.45) is 1.79. The van der Waals surface area contributed by atoms with E-state index in [2.05, 4.69) is 0 Å². The van der Waals surface area contributed by atoms with Gasteiger partial charge in [0.25, 0.3) is 5.69 Å². The molecule has 1 aliphatic rings. The van der Waals surface area contributed by atoms with E-state index in [-0.39, 0.29) is 22.9 Å². The van der Waals surface area contributed by atoms with Crippen LogP contribution in [0.4, 0.5) is 5.69 Å². The highest BCUT2D eigenvalue weighted by Crippen LogP contribution is 2.40. The molecule has 1 amide bonds. The van der Waals surface area contributed by atoms with Gasteiger partial charge in [0.15, 0.2) is 0 Å². The number of ether oxygens (including phenoxy) is 2. The minimum Gasteiger partial charge on any atom is -0.497 e. The average molecular weight is 416 g/mol. The molecule has 1 fully saturated rings. The van der Waals surface area contributed by atoms with Gasteiger partial charge in [0, 0.05) is 29.1 Å². The molecule has 2 unspecified atom stereocenters. The smallest absolute Gasteiger partial charge is 0.269 e. The van der Waals surface area contributed by atoms with Crippen molar-refractivity contribution in [2.75, 3.05) is 20.8 Å². The van der Waals surface area contributed by atoms with Gasteiger partial charge in [-0.15, -0.1) is 11.8 Å². The summed E-state index contributed by atoms with van der Waals surface area (Å²) in [5.41, 5.74) is 0.989. The van der Waals surface area contributed by atoms with Crippen molar-refractivity contribution in [1.82, 2.24) is 4.90 Å². The molecule has 2 aromatic carbocycles. The molecule has 0 bridgehead atoms. The van der Waals surface area contributed by atoms with Crippen LogP contribution in [0.5, 0.6) is 11.5 Å². The first-order valence-electron chi connectivity index (χ1n) is 9.38. The summed E-state index contributed by atoms with van der Waals surface area (Å²) in [6, 6.07) is 11.9. The zero-order chi connectivity index (χ0) is 21.0. The molecule has 2 aromatic rings. The van der Waals surface area contributed by atoms with Crippen LogP contribution in [0.15, 0.2) is 47.4 Å². The van der Waals surface area contributed by atoms with Crippen LogP contribution in [0.3, 0.4) is 0 Å². The van der Waals surface area contributed by atoms with Crippen molar-refractivity contribution in [1.29, 1.82) is 0 Å². The van der Waals surface area contributed by atoms with Crippen molar-refractivity contribution >= 4 is 23.4 Å². The molecule has 8 heteroatoms. The Morgan fingerprint density at radius 2 is 1.93 bits per heavy atom. The molecule has 0 aromatic heterocycles. The number of nitro groups is 1. The van der Waals surface area contributed by atoms with Crippen LogP contribution in [-0.4, -0.2) is 41.7 Å². The molecule has 7 nitrogen and oxygen atoms in total. The number of amides is 1. The van der Waals surface area contributed by atoms with E-state index in [4.69, 9.17) is 9.47 Å². The van der Waals surface area contributed by atoms with Gasteiger partial charge in [-0.2, -0.15) is 0 Å². The zero-order valence-corrected chi connectivity index (χ0v) is 17.5. The number of nitro benzene ring substituents is 1. The molecular weight excluding hydrogens is 392 g/mol. The van der Waals surface area contributed by atoms with E-state index in [1.165, 1.54) is 23.9 Å². The third-order valence-corrected chi connectivity index (χ3v) is 6.14. The predicted molar refractivity (Wildman–Crippen MR) is 112 cm³/mol. The van der Waals surface area contributed by atoms with Crippen LogP contribution in [0.25, 0.3) is 0 Å². The maximum atomic E-state index is 13.2. The summed E-state index contributed by atoms with van der Waals surface area (Å²) >= 11 is 1.40. The SMILES string of the molecule is COc1ccc(OC)c(C2CCCN2C(=O)C(C)Sc2ccc([N+](=O)[O-])cc2)c1. The van der Waals surface area contributed by atoms with Crippen LogP contribution in [0.1, 0.15) is 31.4 Å². The zero-order valence-electron chi connectivity index (χ0n) is 16.7. The predicted octanol–water partition coefficient (Wildman–Crippen LogP) is 4.46. The lowest BCUT2D eigenvalue weighted by Crippen LogP contribution is -2.36. The largest absolute Gasteiger partial charge is 0.497 e. The highest BCUT2D eigenvalue weighted by Gasteiger charge is 2.34. The second kappa shape index (κ2) is 9.17. The summed E-state index contributed by atoms with van der Waals surface area (Å²) in [4.78, 5) is 26.3. The molecule has 3 rings (SSSR count). The van der Waals surface area contributed by atoms with E-state index in [0.717, 1.165) is 34.8 Å². The molecule has 154 valence electrons. The van der Waals surface area contributed by atoms with E-state index < -0.39 is 4.92 Å². The van der Waals surface area contributed by atoms with Crippen molar-refractivity contribution in [2.24, 2.45) is 0 Å². The molecule has 0 saturated carbocycles. The van der Waals surface area contributed by atoms with Gasteiger partial charge in [0.1, 0.15) is 11.5 Å². The standard InChI is InChI=1S/C21H24N2O5S/c1-14(29-17-9-6-15(7-10-17)23(25)26)21(24)22-12-4-5-19(22)18-13-16(27-2)8-11-20(18)28-3/h6-11,13-14,19H,4-5,12H2,1-3H3. The van der Waals surface area contributed by atoms with Crippen LogP contribution in [0, 0.1) is 10.1 Å². The van der Waals surface area contributed by atoms with Crippen molar-refractivity contribution in [3.63, 3.8) is 0 Å². The average Bonchev–Trinajstić information content (AvgIpc) is 3.22. The Morgan fingerprint density at radius 3 is 2.55 bits per heavy atom. The Morgan fingerprint density at radius 1 is 1.21 bits per heavy atom. The second-order valence-electron chi connectivity index (χ2n) is 6.81. The number of carbonyl (C=O) groups excluding carboxylic acids is 1. The molecule has 1 heterocycles. The van der Waals surface area contributed by atoms with E-state index in [1.807, 2.05) is 30.0 Å². The normalized spacial score (nSPS) is 17.1. The molecule has 0 radical (unpaired) electrons. The van der Waals surface area contributed by atoms with Crippen molar-refractivity contribution in [2.45, 2.75) is 36.0 Å². The van der Waals surface area contributed by atoms with E-state index >= 15 is 0 Å². The lowest BCUT2D eigenvalue weighted by molar-refractivity contribution is -0.384. The number of hydrogen-bond donors (Lipinski definition) is 0. The summed E-state index contributed by atoms with van der Waals surface area (Å²) in [6.45, 7) is 2.56. The summed E-state index contributed by atoms with van der Waals surface area (Å²) in [5, 5.41) is 10.5. The fourth-order valence-electron chi connectivity index (χ4n) is 3.59. The number of thioether (sulfide) groups is 1. The van der Waals surface area contributed by atoms with Crippen molar-refractivity contribution in [3.8, 4) is 11.5 Å². The van der Waals surface area contributed by atoms with Gasteiger partial charge in [-0.1, -0.05) is 0 Å². The highest BCUT2D eigenvalue weighted by atomic mass is 32.2. The first kappa shape index (κ1) is 21.0. The lowest BCUT2D eigenvalue weighted by Gasteiger charge is -2.29. The minimum absolute atomic E-state index is 0.0399. The maximum Gasteiger partial charge on any atom is 0.269 e. The molecule has 0 aliphatic carbocycles. The maximum absolute atomic E-state index is 13.2. The number of methoxy groups -OCH3 is 2. The van der Waals surface area contributed by atoms with E-state index in [0.29, 0.717) is 6.54 Å². The van der Waals surface area contributed by atoms with Gasteiger partial charge in [-0.05, 0) is 50.1 Å². The summed E-state index contributed by atoms with van der Waals surface area (Å²) < 4.78 is 10.9. The van der Waals surface area contributed by atoms with Gasteiger partial charge in [0.05, 0.1) is 30.4 Å². The molecule has 29 heavy (non-hydrogen) atoms. The number of likely N-dealkylation sites (tertiary alicyclic amines) is 1. The monoisotopic (exact) mass is 416 g/mol. The summed E-state index contributed by atoms with van der Waals surface area (Å²) in [5.74, 6) is 1.51. The minimum atomic E-state index is -0.431. The van der Waals surface area contributed by atoms with Gasteiger partial charge >= 0.3 is 0 Å². The Balaban J connectivity index is 1.76. The fourth-order valence-corrected chi connectivity index (χ4v) is 4.53. The topological polar surface area (TPSA) is 81.9 Å². The molecule has 0 spiro atoms. The summed E-state index contributed by atoms with van der Waals surface area (Å²) in [7, 11) is 3.24. The molecule has 2 atom stereocenters. The number of nitrogens with zero attached hydrogens (tertiary/aromatic N) is 2. The van der Waals surface area contributed by atoms with Gasteiger partial charge in [-0.25, -0.2) is 0 Å². The number of rotatable bonds is 7. The quantitative estimate of drug-likeness (QED) is 0.377. The Kier molecular flexibility index (Phi) is 6.64. The second-order valence-corrected chi connectivity index (χ2v) is 8.22. The van der Waals surface area contributed by atoms with E-state index in [9.17, 15) is 14.9 Å². The number of carbonyl (C=O) groups is 1. The van der Waals surface area contributed by atoms with Gasteiger partial charge in [-0.3, -0.25) is 14.9 Å². The van der Waals surface area contributed by atoms with Crippen molar-refractivity contribution in [3.05, 3.63) is 58.1 Å². The first-order valence-corrected chi connectivity index (χ1v) is 10.3. The molecule has 0 N–H and O–H groups in total. The lowest BCUT2D eigenvalue weighted by atomic mass is 10.0. The van der Waals surface area contributed by atoms with Crippen molar-refractivity contribution < 1.29 is 19.2 Å². The van der Waals surface area contributed by atoms with Crippen LogP contribution in [0.2, 0.25) is 0 Å². The number of non-ortho nitro benzene ring substituents is 1. The number of benzene rings is 2. The van der Waals surface area contributed by atoms with E-state index in [1.54, 1.807) is 26.4 Å². The van der Waals surface area contributed by atoms with Gasteiger partial charge in [0.2, 0.25) is 5.91 Å². The van der Waals surface area contributed by atoms with Gasteiger partial charge < -0.3 is 14.4 Å². The molecule has 1 saturated heterocycles. The third-order valence-electron chi connectivity index (χ3n) is 5.04. The Bertz CT molecular complexity index is 887. The van der Waals surface area contributed by atoms with Crippen LogP contribution < -0.4 is 9.47 Å². The third kappa shape index (κ3) is 4.64. The molecular formula is C21H24N2O5S. The Labute approximate surface area is 174 Å². The first-order chi connectivity index (χ1) is 13.9. The number of hydrogen-bond acceptors (Lipinski definition) is 6. The molecule has 1 aliphatic heterocycles. The highest BCUT2D eigenvalue weighted by molar-refractivity contribution is 8.00. The van der Waals surface area contributed by atoms with Crippen LogP contribution in [-0.2, 0) is 4.79 Å². The van der Waals surface area contributed by atoms with Crippen LogP contribution >= 0.6 is 11.8 Å².